The molecule has 0 N–H and O–H groups in total. The molecule has 0 bridgehead atoms. The van der Waals surface area contributed by atoms with E-state index >= 15 is 0 Å². The van der Waals surface area contributed by atoms with Gasteiger partial charge in [-0.2, -0.15) is 0 Å². The van der Waals surface area contributed by atoms with E-state index in [4.69, 9.17) is 16.6 Å². The van der Waals surface area contributed by atoms with Crippen molar-refractivity contribution in [2.24, 2.45) is 0 Å². The first-order valence-corrected chi connectivity index (χ1v) is 11.0. The van der Waals surface area contributed by atoms with E-state index in [1.54, 1.807) is 4.90 Å². The van der Waals surface area contributed by atoms with E-state index in [-0.39, 0.29) is 5.91 Å². The van der Waals surface area contributed by atoms with Gasteiger partial charge in [0.1, 0.15) is 4.88 Å². The van der Waals surface area contributed by atoms with Crippen molar-refractivity contribution in [3.8, 4) is 0 Å². The second kappa shape index (κ2) is 8.65. The van der Waals surface area contributed by atoms with Crippen LogP contribution in [0.2, 0.25) is 5.02 Å². The molecule has 27 heavy (non-hydrogen) atoms. The largest absolute Gasteiger partial charge is 0.302 e. The van der Waals surface area contributed by atoms with Crippen LogP contribution < -0.4 is 4.90 Å². The number of hydrogen-bond acceptors (Lipinski definition) is 6. The Kier molecular flexibility index (Phi) is 6.47. The number of halogens is 1. The van der Waals surface area contributed by atoms with Gasteiger partial charge in [-0.3, -0.25) is 9.69 Å². The number of likely N-dealkylation sites (N-methyl/N-ethyl adjacent to an activating group) is 1. The van der Waals surface area contributed by atoms with Gasteiger partial charge in [0.2, 0.25) is 0 Å². The van der Waals surface area contributed by atoms with Crippen LogP contribution in [0.15, 0.2) is 18.2 Å². The first-order chi connectivity index (χ1) is 12.9. The monoisotopic (exact) mass is 422 g/mol. The molecule has 2 heterocycles. The first kappa shape index (κ1) is 20.2. The van der Waals surface area contributed by atoms with Crippen LogP contribution in [-0.2, 0) is 0 Å². The minimum Gasteiger partial charge on any atom is -0.302 e. The van der Waals surface area contributed by atoms with Crippen molar-refractivity contribution in [3.05, 3.63) is 38.8 Å². The van der Waals surface area contributed by atoms with E-state index in [0.29, 0.717) is 21.6 Å². The van der Waals surface area contributed by atoms with Crippen LogP contribution in [0.25, 0.3) is 10.2 Å². The summed E-state index contributed by atoms with van der Waals surface area (Å²) in [7, 11) is 0. The molecule has 2 aromatic heterocycles. The molecule has 0 saturated carbocycles. The Morgan fingerprint density at radius 1 is 1.11 bits per heavy atom. The number of aryl methyl sites for hydroxylation is 2. The van der Waals surface area contributed by atoms with Crippen molar-refractivity contribution in [1.29, 1.82) is 0 Å². The van der Waals surface area contributed by atoms with E-state index in [0.717, 1.165) is 40.6 Å². The zero-order chi connectivity index (χ0) is 19.6. The number of carbonyl (C=O) groups is 1. The average Bonchev–Trinajstić information content (AvgIpc) is 3.20. The fraction of sp³-hybridized carbons (Fsp3) is 0.421. The zero-order valence-electron chi connectivity index (χ0n) is 16.0. The molecule has 1 aromatic carbocycles. The summed E-state index contributed by atoms with van der Waals surface area (Å²) in [5.74, 6) is -0.0320. The molecule has 0 atom stereocenters. The lowest BCUT2D eigenvalue weighted by Gasteiger charge is -2.24. The normalized spacial score (nSPS) is 11.5. The number of carbonyl (C=O) groups excluding carboxylic acids is 1. The fourth-order valence-electron chi connectivity index (χ4n) is 2.92. The Morgan fingerprint density at radius 3 is 2.48 bits per heavy atom. The summed E-state index contributed by atoms with van der Waals surface area (Å²) < 4.78 is 0.982. The molecule has 0 aliphatic rings. The predicted molar refractivity (Wildman–Crippen MR) is 116 cm³/mol. The molecule has 3 rings (SSSR count). The second-order valence-electron chi connectivity index (χ2n) is 6.24. The van der Waals surface area contributed by atoms with Gasteiger partial charge >= 0.3 is 0 Å². The lowest BCUT2D eigenvalue weighted by molar-refractivity contribution is 0.0987. The predicted octanol–water partition coefficient (Wildman–Crippen LogP) is 5.01. The second-order valence-corrected chi connectivity index (χ2v) is 8.89. The number of benzene rings is 1. The molecule has 0 saturated heterocycles. The molecule has 5 nitrogen and oxygen atoms in total. The maximum absolute atomic E-state index is 13.3. The minimum absolute atomic E-state index is 0.0320. The van der Waals surface area contributed by atoms with E-state index in [1.807, 2.05) is 32.0 Å². The van der Waals surface area contributed by atoms with Gasteiger partial charge in [-0.15, -0.1) is 11.3 Å². The molecule has 0 radical (unpaired) electrons. The van der Waals surface area contributed by atoms with Gasteiger partial charge in [-0.25, -0.2) is 9.97 Å². The summed E-state index contributed by atoms with van der Waals surface area (Å²) in [5, 5.41) is 2.28. The molecule has 0 spiro atoms. The Balaban J connectivity index is 1.97. The lowest BCUT2D eigenvalue weighted by Crippen LogP contribution is -2.38. The van der Waals surface area contributed by atoms with Gasteiger partial charge in [0, 0.05) is 18.1 Å². The molecule has 0 fully saturated rings. The summed E-state index contributed by atoms with van der Waals surface area (Å²) >= 11 is 9.05. The van der Waals surface area contributed by atoms with E-state index in [9.17, 15) is 4.79 Å². The molecule has 0 aliphatic heterocycles. The maximum Gasteiger partial charge on any atom is 0.272 e. The molecule has 8 heteroatoms. The molecule has 0 aliphatic carbocycles. The van der Waals surface area contributed by atoms with Gasteiger partial charge in [0.05, 0.1) is 20.9 Å². The van der Waals surface area contributed by atoms with Gasteiger partial charge in [0.25, 0.3) is 5.91 Å². The van der Waals surface area contributed by atoms with Crippen molar-refractivity contribution in [2.75, 3.05) is 31.1 Å². The van der Waals surface area contributed by atoms with Crippen molar-refractivity contribution >= 4 is 55.5 Å². The van der Waals surface area contributed by atoms with Crippen molar-refractivity contribution < 1.29 is 4.79 Å². The van der Waals surface area contributed by atoms with Crippen LogP contribution >= 0.6 is 34.3 Å². The third-order valence-corrected chi connectivity index (χ3v) is 6.78. The first-order valence-electron chi connectivity index (χ1n) is 8.97. The fourth-order valence-corrected chi connectivity index (χ4v) is 5.05. The van der Waals surface area contributed by atoms with Crippen LogP contribution in [0.4, 0.5) is 5.13 Å². The molecular weight excluding hydrogens is 400 g/mol. The summed E-state index contributed by atoms with van der Waals surface area (Å²) in [6.45, 7) is 11.4. The number of hydrogen-bond donors (Lipinski definition) is 0. The highest BCUT2D eigenvalue weighted by molar-refractivity contribution is 7.22. The number of fused-ring (bicyclic) bond motifs is 1. The Labute approximate surface area is 172 Å². The van der Waals surface area contributed by atoms with Crippen LogP contribution in [0.5, 0.6) is 0 Å². The standard InChI is InChI=1S/C19H23ClN4OS2/c1-5-23(6-2)9-10-24(18(25)17-12(3)21-13(4)26-17)19-22-15-8-7-14(20)11-16(15)27-19/h7-8,11H,5-6,9-10H2,1-4H3. The van der Waals surface area contributed by atoms with Crippen LogP contribution in [0, 0.1) is 13.8 Å². The number of aromatic nitrogens is 2. The number of amides is 1. The lowest BCUT2D eigenvalue weighted by atomic mass is 10.3. The van der Waals surface area contributed by atoms with Crippen LogP contribution in [0.3, 0.4) is 0 Å². The third kappa shape index (κ3) is 4.48. The van der Waals surface area contributed by atoms with Gasteiger partial charge in [-0.05, 0) is 45.1 Å². The molecular formula is C19H23ClN4OS2. The highest BCUT2D eigenvalue weighted by Gasteiger charge is 2.25. The molecule has 3 aromatic rings. The smallest absolute Gasteiger partial charge is 0.272 e. The Bertz CT molecular complexity index is 948. The highest BCUT2D eigenvalue weighted by atomic mass is 35.5. The Hall–Kier alpha value is -1.54. The number of anilines is 1. The minimum atomic E-state index is -0.0320. The van der Waals surface area contributed by atoms with Gasteiger partial charge < -0.3 is 4.90 Å². The summed E-state index contributed by atoms with van der Waals surface area (Å²) in [5.41, 5.74) is 1.64. The van der Waals surface area contributed by atoms with E-state index in [2.05, 4.69) is 23.7 Å². The number of nitrogens with zero attached hydrogens (tertiary/aromatic N) is 4. The SMILES string of the molecule is CCN(CC)CCN(C(=O)c1sc(C)nc1C)c1nc2ccc(Cl)cc2s1. The average molecular weight is 423 g/mol. The molecule has 0 unspecified atom stereocenters. The summed E-state index contributed by atoms with van der Waals surface area (Å²) in [6, 6.07) is 5.62. The number of thiazole rings is 2. The topological polar surface area (TPSA) is 49.3 Å². The van der Waals surface area contributed by atoms with Crippen LogP contribution in [0.1, 0.15) is 34.2 Å². The highest BCUT2D eigenvalue weighted by Crippen LogP contribution is 2.32. The van der Waals surface area contributed by atoms with Gasteiger partial charge in [0.15, 0.2) is 5.13 Å². The van der Waals surface area contributed by atoms with Crippen molar-refractivity contribution in [2.45, 2.75) is 27.7 Å². The van der Waals surface area contributed by atoms with Gasteiger partial charge in [-0.1, -0.05) is 36.8 Å². The maximum atomic E-state index is 13.3. The number of rotatable bonds is 7. The summed E-state index contributed by atoms with van der Waals surface area (Å²) in [4.78, 5) is 27.2. The summed E-state index contributed by atoms with van der Waals surface area (Å²) in [6.07, 6.45) is 0. The zero-order valence-corrected chi connectivity index (χ0v) is 18.3. The molecule has 1 amide bonds. The Morgan fingerprint density at radius 2 is 1.85 bits per heavy atom. The van der Waals surface area contributed by atoms with Crippen LogP contribution in [-0.4, -0.2) is 47.0 Å². The third-order valence-electron chi connectivity index (χ3n) is 4.45. The van der Waals surface area contributed by atoms with E-state index < -0.39 is 0 Å². The quantitative estimate of drug-likeness (QED) is 0.536. The van der Waals surface area contributed by atoms with Crippen molar-refractivity contribution in [1.82, 2.24) is 14.9 Å². The van der Waals surface area contributed by atoms with E-state index in [1.165, 1.54) is 22.7 Å². The molecule has 144 valence electrons. The van der Waals surface area contributed by atoms with Crippen molar-refractivity contribution in [3.63, 3.8) is 0 Å².